The summed E-state index contributed by atoms with van der Waals surface area (Å²) in [5.41, 5.74) is 0.992. The van der Waals surface area contributed by atoms with Crippen molar-refractivity contribution in [3.8, 4) is 0 Å². The first-order valence-corrected chi connectivity index (χ1v) is 7.75. The zero-order chi connectivity index (χ0) is 15.2. The standard InChI is InChI=1S/C16H15ClFNOS/c1-11(21-15-8-6-14(18)7-9-15)16(20)19-10-12-2-4-13(17)5-3-12/h2-9,11H,10H2,1H3,(H,19,20). The Labute approximate surface area is 132 Å². The molecule has 5 heteroatoms. The smallest absolute Gasteiger partial charge is 0.233 e. The van der Waals surface area contributed by atoms with E-state index in [-0.39, 0.29) is 17.0 Å². The second-order valence-corrected chi connectivity index (χ2v) is 6.41. The highest BCUT2D eigenvalue weighted by atomic mass is 35.5. The quantitative estimate of drug-likeness (QED) is 0.832. The van der Waals surface area contributed by atoms with E-state index in [4.69, 9.17) is 11.6 Å². The fourth-order valence-corrected chi connectivity index (χ4v) is 2.72. The first-order chi connectivity index (χ1) is 10.0. The largest absolute Gasteiger partial charge is 0.351 e. The Kier molecular flexibility index (Phi) is 5.65. The van der Waals surface area contributed by atoms with Gasteiger partial charge in [-0.05, 0) is 48.9 Å². The maximum atomic E-state index is 12.8. The van der Waals surface area contributed by atoms with Crippen molar-refractivity contribution in [2.45, 2.75) is 23.6 Å². The molecule has 1 N–H and O–H groups in total. The molecule has 1 atom stereocenters. The molecule has 21 heavy (non-hydrogen) atoms. The molecule has 0 aliphatic heterocycles. The number of hydrogen-bond donors (Lipinski definition) is 1. The van der Waals surface area contributed by atoms with E-state index >= 15 is 0 Å². The fourth-order valence-electron chi connectivity index (χ4n) is 1.71. The van der Waals surface area contributed by atoms with Gasteiger partial charge in [0.05, 0.1) is 5.25 Å². The molecular formula is C16H15ClFNOS. The molecule has 0 spiro atoms. The van der Waals surface area contributed by atoms with Gasteiger partial charge in [-0.2, -0.15) is 0 Å². The SMILES string of the molecule is CC(Sc1ccc(F)cc1)C(=O)NCc1ccc(Cl)cc1. The van der Waals surface area contributed by atoms with E-state index in [9.17, 15) is 9.18 Å². The summed E-state index contributed by atoms with van der Waals surface area (Å²) < 4.78 is 12.8. The van der Waals surface area contributed by atoms with Crippen molar-refractivity contribution >= 4 is 29.3 Å². The molecule has 0 radical (unpaired) electrons. The molecule has 0 bridgehead atoms. The van der Waals surface area contributed by atoms with E-state index in [0.717, 1.165) is 10.5 Å². The second kappa shape index (κ2) is 7.48. The van der Waals surface area contributed by atoms with Crippen LogP contribution in [0.25, 0.3) is 0 Å². The molecule has 2 rings (SSSR count). The number of carbonyl (C=O) groups excluding carboxylic acids is 1. The first-order valence-electron chi connectivity index (χ1n) is 6.49. The van der Waals surface area contributed by atoms with E-state index in [1.54, 1.807) is 24.3 Å². The summed E-state index contributed by atoms with van der Waals surface area (Å²) in [7, 11) is 0. The minimum absolute atomic E-state index is 0.0562. The van der Waals surface area contributed by atoms with Crippen molar-refractivity contribution in [3.63, 3.8) is 0 Å². The summed E-state index contributed by atoms with van der Waals surface area (Å²) in [5.74, 6) is -0.335. The number of carbonyl (C=O) groups is 1. The average Bonchev–Trinajstić information content (AvgIpc) is 2.48. The molecule has 0 aliphatic carbocycles. The third-order valence-corrected chi connectivity index (χ3v) is 4.24. The Bertz CT molecular complexity index is 601. The lowest BCUT2D eigenvalue weighted by Crippen LogP contribution is -2.30. The highest BCUT2D eigenvalue weighted by Crippen LogP contribution is 2.23. The van der Waals surface area contributed by atoms with Crippen LogP contribution < -0.4 is 5.32 Å². The van der Waals surface area contributed by atoms with Crippen molar-refractivity contribution in [3.05, 3.63) is 64.9 Å². The molecule has 2 aromatic carbocycles. The second-order valence-electron chi connectivity index (χ2n) is 4.56. The van der Waals surface area contributed by atoms with Crippen molar-refractivity contribution in [1.82, 2.24) is 5.32 Å². The molecule has 0 fully saturated rings. The molecule has 1 unspecified atom stereocenters. The summed E-state index contributed by atoms with van der Waals surface area (Å²) in [6.45, 7) is 2.29. The molecule has 0 aromatic heterocycles. The van der Waals surface area contributed by atoms with Gasteiger partial charge in [0.25, 0.3) is 0 Å². The lowest BCUT2D eigenvalue weighted by atomic mass is 10.2. The molecule has 1 amide bonds. The molecule has 0 saturated carbocycles. The third-order valence-electron chi connectivity index (χ3n) is 2.88. The topological polar surface area (TPSA) is 29.1 Å². The van der Waals surface area contributed by atoms with Crippen molar-refractivity contribution in [2.24, 2.45) is 0 Å². The van der Waals surface area contributed by atoms with Crippen LogP contribution in [0.15, 0.2) is 53.4 Å². The summed E-state index contributed by atoms with van der Waals surface area (Å²) >= 11 is 7.21. The van der Waals surface area contributed by atoms with Crippen LogP contribution in [0, 0.1) is 5.82 Å². The van der Waals surface area contributed by atoms with Gasteiger partial charge in [-0.1, -0.05) is 23.7 Å². The number of benzene rings is 2. The monoisotopic (exact) mass is 323 g/mol. The van der Waals surface area contributed by atoms with Gasteiger partial charge in [-0.25, -0.2) is 4.39 Å². The van der Waals surface area contributed by atoms with Gasteiger partial charge in [0.2, 0.25) is 5.91 Å². The molecule has 110 valence electrons. The van der Waals surface area contributed by atoms with Gasteiger partial charge in [-0.15, -0.1) is 11.8 Å². The van der Waals surface area contributed by atoms with Crippen LogP contribution in [-0.4, -0.2) is 11.2 Å². The lowest BCUT2D eigenvalue weighted by molar-refractivity contribution is -0.120. The summed E-state index contributed by atoms with van der Waals surface area (Å²) in [5, 5.41) is 3.30. The van der Waals surface area contributed by atoms with Crippen molar-refractivity contribution in [2.75, 3.05) is 0 Å². The van der Waals surface area contributed by atoms with Gasteiger partial charge in [0.1, 0.15) is 5.82 Å². The first kappa shape index (κ1) is 15.9. The van der Waals surface area contributed by atoms with E-state index in [1.807, 2.05) is 19.1 Å². The number of thioether (sulfide) groups is 1. The molecule has 2 aromatic rings. The Balaban J connectivity index is 1.84. The maximum Gasteiger partial charge on any atom is 0.233 e. The molecule has 0 aliphatic rings. The van der Waals surface area contributed by atoms with Crippen LogP contribution >= 0.6 is 23.4 Å². The average molecular weight is 324 g/mol. The Morgan fingerprint density at radius 3 is 2.43 bits per heavy atom. The van der Waals surface area contributed by atoms with E-state index < -0.39 is 0 Å². The minimum atomic E-state index is -0.279. The highest BCUT2D eigenvalue weighted by molar-refractivity contribution is 8.00. The number of rotatable bonds is 5. The number of nitrogens with one attached hydrogen (secondary N) is 1. The van der Waals surface area contributed by atoms with Crippen LogP contribution in [0.5, 0.6) is 0 Å². The normalized spacial score (nSPS) is 12.0. The van der Waals surface area contributed by atoms with Crippen molar-refractivity contribution in [1.29, 1.82) is 0 Å². The Morgan fingerprint density at radius 2 is 1.81 bits per heavy atom. The third kappa shape index (κ3) is 5.06. The number of amides is 1. The summed E-state index contributed by atoms with van der Waals surface area (Å²) in [4.78, 5) is 12.9. The number of hydrogen-bond acceptors (Lipinski definition) is 2. The van der Waals surface area contributed by atoms with E-state index in [0.29, 0.717) is 11.6 Å². The van der Waals surface area contributed by atoms with Crippen molar-refractivity contribution < 1.29 is 9.18 Å². The fraction of sp³-hybridized carbons (Fsp3) is 0.188. The van der Waals surface area contributed by atoms with Crippen LogP contribution in [0.2, 0.25) is 5.02 Å². The van der Waals surface area contributed by atoms with Gasteiger partial charge in [0.15, 0.2) is 0 Å². The Morgan fingerprint density at radius 1 is 1.19 bits per heavy atom. The van der Waals surface area contributed by atoms with E-state index in [1.165, 1.54) is 23.9 Å². The summed E-state index contributed by atoms with van der Waals surface area (Å²) in [6.07, 6.45) is 0. The van der Waals surface area contributed by atoms with Crippen LogP contribution in [-0.2, 0) is 11.3 Å². The number of halogens is 2. The van der Waals surface area contributed by atoms with Gasteiger partial charge in [-0.3, -0.25) is 4.79 Å². The molecule has 0 heterocycles. The molecule has 2 nitrogen and oxygen atoms in total. The minimum Gasteiger partial charge on any atom is -0.351 e. The van der Waals surface area contributed by atoms with E-state index in [2.05, 4.69) is 5.32 Å². The maximum absolute atomic E-state index is 12.8. The van der Waals surface area contributed by atoms with Gasteiger partial charge < -0.3 is 5.32 Å². The highest BCUT2D eigenvalue weighted by Gasteiger charge is 2.13. The lowest BCUT2D eigenvalue weighted by Gasteiger charge is -2.12. The molecule has 0 saturated heterocycles. The Hall–Kier alpha value is -1.52. The van der Waals surface area contributed by atoms with Crippen LogP contribution in [0.4, 0.5) is 4.39 Å². The zero-order valence-electron chi connectivity index (χ0n) is 11.5. The zero-order valence-corrected chi connectivity index (χ0v) is 13.0. The molecular weight excluding hydrogens is 309 g/mol. The predicted octanol–water partition coefficient (Wildman–Crippen LogP) is 4.28. The van der Waals surface area contributed by atoms with Crippen LogP contribution in [0.1, 0.15) is 12.5 Å². The van der Waals surface area contributed by atoms with Gasteiger partial charge >= 0.3 is 0 Å². The van der Waals surface area contributed by atoms with Crippen LogP contribution in [0.3, 0.4) is 0 Å². The predicted molar refractivity (Wildman–Crippen MR) is 85.0 cm³/mol. The summed E-state index contributed by atoms with van der Waals surface area (Å²) in [6, 6.07) is 13.5. The van der Waals surface area contributed by atoms with Gasteiger partial charge in [0, 0.05) is 16.5 Å².